The summed E-state index contributed by atoms with van der Waals surface area (Å²) < 4.78 is 0. The van der Waals surface area contributed by atoms with Crippen molar-refractivity contribution in [2.75, 3.05) is 32.7 Å². The lowest BCUT2D eigenvalue weighted by Gasteiger charge is -2.20. The van der Waals surface area contributed by atoms with Gasteiger partial charge in [0.2, 0.25) is 0 Å². The fraction of sp³-hybridized carbons (Fsp3) is 0.812. The Balaban J connectivity index is 1.41. The van der Waals surface area contributed by atoms with E-state index in [0.717, 1.165) is 36.1 Å². The number of likely N-dealkylation sites (tertiary alicyclic amines) is 2. The fourth-order valence-electron chi connectivity index (χ4n) is 3.33. The lowest BCUT2D eigenvalue weighted by Crippen LogP contribution is -2.38. The molecule has 0 aliphatic carbocycles. The summed E-state index contributed by atoms with van der Waals surface area (Å²) in [5.41, 5.74) is 0. The van der Waals surface area contributed by atoms with Crippen LogP contribution in [-0.4, -0.2) is 58.8 Å². The van der Waals surface area contributed by atoms with Gasteiger partial charge in [0.05, 0.1) is 6.54 Å². The zero-order valence-corrected chi connectivity index (χ0v) is 14.9. The maximum atomic E-state index is 12.3. The number of amides is 2. The second-order valence-electron chi connectivity index (χ2n) is 6.96. The van der Waals surface area contributed by atoms with E-state index >= 15 is 0 Å². The van der Waals surface area contributed by atoms with E-state index in [4.69, 9.17) is 0 Å². The van der Waals surface area contributed by atoms with E-state index in [1.54, 1.807) is 11.3 Å². The predicted molar refractivity (Wildman–Crippen MR) is 91.6 cm³/mol. The summed E-state index contributed by atoms with van der Waals surface area (Å²) in [4.78, 5) is 16.8. The summed E-state index contributed by atoms with van der Waals surface area (Å²) in [6.07, 6.45) is 3.79. The highest BCUT2D eigenvalue weighted by atomic mass is 32.1. The number of nitrogens with zero attached hydrogens (tertiary/aromatic N) is 4. The molecule has 1 aromatic rings. The quantitative estimate of drug-likeness (QED) is 0.895. The summed E-state index contributed by atoms with van der Waals surface area (Å²) >= 11 is 1.59. The van der Waals surface area contributed by atoms with Gasteiger partial charge in [-0.15, -0.1) is 10.2 Å². The molecule has 1 unspecified atom stereocenters. The van der Waals surface area contributed by atoms with Crippen LogP contribution in [0.5, 0.6) is 0 Å². The summed E-state index contributed by atoms with van der Waals surface area (Å²) in [5, 5.41) is 13.2. The Morgan fingerprint density at radius 2 is 2.09 bits per heavy atom. The van der Waals surface area contributed by atoms with Gasteiger partial charge in [0.1, 0.15) is 10.0 Å². The maximum absolute atomic E-state index is 12.3. The topological polar surface area (TPSA) is 61.4 Å². The van der Waals surface area contributed by atoms with Crippen LogP contribution < -0.4 is 5.32 Å². The molecule has 1 N–H and O–H groups in total. The normalized spacial score (nSPS) is 22.2. The SMILES string of the molecule is CC(C)c1nnc(CNC(=O)N2CCC(CN3CCCC3)C2)s1. The molecule has 3 heterocycles. The molecule has 2 aliphatic rings. The molecular weight excluding hydrogens is 310 g/mol. The predicted octanol–water partition coefficient (Wildman–Crippen LogP) is 2.29. The van der Waals surface area contributed by atoms with Crippen LogP contribution in [0.15, 0.2) is 0 Å². The number of hydrogen-bond donors (Lipinski definition) is 1. The third kappa shape index (κ3) is 4.41. The van der Waals surface area contributed by atoms with Gasteiger partial charge in [-0.3, -0.25) is 0 Å². The van der Waals surface area contributed by atoms with Gasteiger partial charge in [-0.1, -0.05) is 25.2 Å². The van der Waals surface area contributed by atoms with Crippen LogP contribution in [0.3, 0.4) is 0 Å². The molecule has 0 bridgehead atoms. The molecule has 23 heavy (non-hydrogen) atoms. The Labute approximate surface area is 142 Å². The second kappa shape index (κ2) is 7.57. The Morgan fingerprint density at radius 3 is 2.78 bits per heavy atom. The van der Waals surface area contributed by atoms with Crippen molar-refractivity contribution >= 4 is 17.4 Å². The third-order valence-electron chi connectivity index (χ3n) is 4.66. The van der Waals surface area contributed by atoms with Crippen molar-refractivity contribution in [3.8, 4) is 0 Å². The first-order valence-corrected chi connectivity index (χ1v) is 9.51. The molecule has 2 amide bonds. The first kappa shape index (κ1) is 16.6. The Hall–Kier alpha value is -1.21. The van der Waals surface area contributed by atoms with E-state index in [2.05, 4.69) is 34.3 Å². The van der Waals surface area contributed by atoms with E-state index < -0.39 is 0 Å². The molecule has 2 aliphatic heterocycles. The highest BCUT2D eigenvalue weighted by molar-refractivity contribution is 7.11. The molecule has 1 atom stereocenters. The van der Waals surface area contributed by atoms with Gasteiger partial charge in [0.25, 0.3) is 0 Å². The van der Waals surface area contributed by atoms with Gasteiger partial charge in [-0.25, -0.2) is 4.79 Å². The minimum atomic E-state index is 0.0372. The molecule has 0 aromatic carbocycles. The maximum Gasteiger partial charge on any atom is 0.317 e. The van der Waals surface area contributed by atoms with E-state index in [1.807, 2.05) is 4.90 Å². The molecule has 2 fully saturated rings. The lowest BCUT2D eigenvalue weighted by molar-refractivity contribution is 0.203. The van der Waals surface area contributed by atoms with E-state index in [1.165, 1.54) is 25.9 Å². The number of nitrogens with one attached hydrogen (secondary N) is 1. The average Bonchev–Trinajstić information content (AvgIpc) is 3.27. The first-order valence-electron chi connectivity index (χ1n) is 8.69. The molecule has 128 valence electrons. The van der Waals surface area contributed by atoms with Crippen LogP contribution in [0.25, 0.3) is 0 Å². The Morgan fingerprint density at radius 1 is 1.30 bits per heavy atom. The average molecular weight is 337 g/mol. The fourth-order valence-corrected chi connectivity index (χ4v) is 4.12. The second-order valence-corrected chi connectivity index (χ2v) is 8.05. The number of carbonyl (C=O) groups is 1. The molecular formula is C16H27N5OS. The van der Waals surface area contributed by atoms with E-state index in [0.29, 0.717) is 18.4 Å². The van der Waals surface area contributed by atoms with Crippen LogP contribution >= 0.6 is 11.3 Å². The van der Waals surface area contributed by atoms with Gasteiger partial charge in [-0.05, 0) is 38.3 Å². The minimum absolute atomic E-state index is 0.0372. The van der Waals surface area contributed by atoms with Crippen LogP contribution in [0, 0.1) is 5.92 Å². The first-order chi connectivity index (χ1) is 11.1. The van der Waals surface area contributed by atoms with E-state index in [-0.39, 0.29) is 6.03 Å². The zero-order chi connectivity index (χ0) is 16.2. The highest BCUT2D eigenvalue weighted by Gasteiger charge is 2.28. The largest absolute Gasteiger partial charge is 0.331 e. The summed E-state index contributed by atoms with van der Waals surface area (Å²) in [5.74, 6) is 1.02. The molecule has 0 spiro atoms. The van der Waals surface area contributed by atoms with Crippen molar-refractivity contribution in [3.05, 3.63) is 10.0 Å². The molecule has 1 aromatic heterocycles. The van der Waals surface area contributed by atoms with Gasteiger partial charge >= 0.3 is 6.03 Å². The van der Waals surface area contributed by atoms with Crippen molar-refractivity contribution in [3.63, 3.8) is 0 Å². The van der Waals surface area contributed by atoms with Crippen molar-refractivity contribution in [1.29, 1.82) is 0 Å². The van der Waals surface area contributed by atoms with E-state index in [9.17, 15) is 4.79 Å². The molecule has 0 radical (unpaired) electrons. The van der Waals surface area contributed by atoms with Crippen molar-refractivity contribution in [2.24, 2.45) is 5.92 Å². The van der Waals surface area contributed by atoms with Gasteiger partial charge in [-0.2, -0.15) is 0 Å². The molecule has 2 saturated heterocycles. The third-order valence-corrected chi connectivity index (χ3v) is 5.88. The Bertz CT molecular complexity index is 526. The van der Waals surface area contributed by atoms with Crippen molar-refractivity contribution < 1.29 is 4.79 Å². The standard InChI is InChI=1S/C16H27N5OS/c1-12(2)15-19-18-14(23-15)9-17-16(22)21-8-5-13(11-21)10-20-6-3-4-7-20/h12-13H,3-11H2,1-2H3,(H,17,22). The molecule has 7 heteroatoms. The highest BCUT2D eigenvalue weighted by Crippen LogP contribution is 2.21. The summed E-state index contributed by atoms with van der Waals surface area (Å²) in [7, 11) is 0. The van der Waals surface area contributed by atoms with Crippen molar-refractivity contribution in [2.45, 2.75) is 45.6 Å². The molecule has 3 rings (SSSR count). The molecule has 6 nitrogen and oxygen atoms in total. The number of aromatic nitrogens is 2. The zero-order valence-electron chi connectivity index (χ0n) is 14.1. The number of urea groups is 1. The molecule has 0 saturated carbocycles. The summed E-state index contributed by atoms with van der Waals surface area (Å²) in [6, 6.07) is 0.0372. The van der Waals surface area contributed by atoms with Crippen molar-refractivity contribution in [1.82, 2.24) is 25.3 Å². The Kier molecular flexibility index (Phi) is 5.48. The van der Waals surface area contributed by atoms with Crippen LogP contribution in [0.1, 0.15) is 49.0 Å². The van der Waals surface area contributed by atoms with Crippen LogP contribution in [-0.2, 0) is 6.54 Å². The van der Waals surface area contributed by atoms with Gasteiger partial charge in [0.15, 0.2) is 0 Å². The number of hydrogen-bond acceptors (Lipinski definition) is 5. The smallest absolute Gasteiger partial charge is 0.317 e. The van der Waals surface area contributed by atoms with Crippen LogP contribution in [0.2, 0.25) is 0 Å². The number of carbonyl (C=O) groups excluding carboxylic acids is 1. The minimum Gasteiger partial charge on any atom is -0.331 e. The monoisotopic (exact) mass is 337 g/mol. The number of rotatable bonds is 5. The summed E-state index contributed by atoms with van der Waals surface area (Å²) in [6.45, 7) is 10.1. The van der Waals surface area contributed by atoms with Gasteiger partial charge in [0, 0.05) is 25.6 Å². The van der Waals surface area contributed by atoms with Crippen LogP contribution in [0.4, 0.5) is 4.79 Å². The lowest BCUT2D eigenvalue weighted by atomic mass is 10.1. The van der Waals surface area contributed by atoms with Gasteiger partial charge < -0.3 is 15.1 Å².